The maximum Gasteiger partial charge on any atom is 0.256 e. The summed E-state index contributed by atoms with van der Waals surface area (Å²) < 4.78 is 0. The second-order valence-electron chi connectivity index (χ2n) is 4.74. The Morgan fingerprint density at radius 2 is 1.50 bits per heavy atom. The molecular weight excluding hydrogens is 252 g/mol. The van der Waals surface area contributed by atoms with Gasteiger partial charge < -0.3 is 9.80 Å². The van der Waals surface area contributed by atoms with Crippen molar-refractivity contribution in [2.45, 2.75) is 40.5 Å². The third-order valence-electron chi connectivity index (χ3n) is 3.21. The molecule has 0 fully saturated rings. The summed E-state index contributed by atoms with van der Waals surface area (Å²) in [6.07, 6.45) is 5.21. The molecule has 0 atom stereocenters. The highest BCUT2D eigenvalue weighted by Gasteiger charge is 2.15. The Hall–Kier alpha value is -1.65. The van der Waals surface area contributed by atoms with Crippen LogP contribution in [0.15, 0.2) is 12.4 Å². The van der Waals surface area contributed by atoms with Gasteiger partial charge in [-0.15, -0.1) is 0 Å². The Bertz CT molecular complexity index is 395. The molecule has 0 aliphatic rings. The summed E-state index contributed by atoms with van der Waals surface area (Å²) in [5.41, 5.74) is 0.572. The van der Waals surface area contributed by atoms with Crippen molar-refractivity contribution < 1.29 is 4.79 Å². The molecule has 0 aliphatic heterocycles. The maximum atomic E-state index is 12.4. The Balaban J connectivity index is 2.83. The molecule has 1 heterocycles. The third kappa shape index (κ3) is 4.18. The van der Waals surface area contributed by atoms with Gasteiger partial charge in [-0.25, -0.2) is 9.97 Å². The molecule has 0 bridgehead atoms. The van der Waals surface area contributed by atoms with Crippen LogP contribution in [0.5, 0.6) is 0 Å². The average Bonchev–Trinajstić information content (AvgIpc) is 2.48. The van der Waals surface area contributed by atoms with Crippen molar-refractivity contribution in [1.29, 1.82) is 0 Å². The molecule has 0 saturated heterocycles. The van der Waals surface area contributed by atoms with E-state index in [0.29, 0.717) is 11.5 Å². The van der Waals surface area contributed by atoms with E-state index in [4.69, 9.17) is 0 Å². The molecule has 0 N–H and O–H groups in total. The van der Waals surface area contributed by atoms with Crippen LogP contribution in [0.3, 0.4) is 0 Å². The largest absolute Gasteiger partial charge is 0.341 e. The molecule has 0 radical (unpaired) electrons. The normalized spacial score (nSPS) is 10.4. The maximum absolute atomic E-state index is 12.4. The smallest absolute Gasteiger partial charge is 0.256 e. The zero-order valence-corrected chi connectivity index (χ0v) is 13.1. The van der Waals surface area contributed by atoms with Crippen molar-refractivity contribution in [1.82, 2.24) is 14.9 Å². The van der Waals surface area contributed by atoms with Crippen LogP contribution in [0.25, 0.3) is 0 Å². The molecule has 0 aromatic carbocycles. The minimum Gasteiger partial charge on any atom is -0.341 e. The summed E-state index contributed by atoms with van der Waals surface area (Å²) in [5, 5.41) is 0. The van der Waals surface area contributed by atoms with E-state index in [1.54, 1.807) is 12.4 Å². The monoisotopic (exact) mass is 278 g/mol. The molecule has 0 aliphatic carbocycles. The molecular formula is C15H26N4O. The fraction of sp³-hybridized carbons (Fsp3) is 0.667. The van der Waals surface area contributed by atoms with E-state index in [2.05, 4.69) is 42.6 Å². The number of hydrogen-bond donors (Lipinski definition) is 0. The van der Waals surface area contributed by atoms with Crippen LogP contribution < -0.4 is 4.90 Å². The van der Waals surface area contributed by atoms with Crippen LogP contribution in [0.2, 0.25) is 0 Å². The Morgan fingerprint density at radius 1 is 1.00 bits per heavy atom. The van der Waals surface area contributed by atoms with Gasteiger partial charge in [-0.3, -0.25) is 4.79 Å². The molecule has 0 spiro atoms. The highest BCUT2D eigenvalue weighted by atomic mass is 16.2. The lowest BCUT2D eigenvalue weighted by Crippen LogP contribution is -2.33. The summed E-state index contributed by atoms with van der Waals surface area (Å²) in [6, 6.07) is 0. The van der Waals surface area contributed by atoms with Gasteiger partial charge in [0.2, 0.25) is 5.95 Å². The van der Waals surface area contributed by atoms with Crippen molar-refractivity contribution in [2.24, 2.45) is 0 Å². The van der Waals surface area contributed by atoms with Gasteiger partial charge in [-0.2, -0.15) is 0 Å². The molecule has 1 amide bonds. The zero-order valence-electron chi connectivity index (χ0n) is 13.1. The Labute approximate surface area is 122 Å². The first-order valence-corrected chi connectivity index (χ1v) is 7.54. The third-order valence-corrected chi connectivity index (χ3v) is 3.21. The number of carbonyl (C=O) groups is 1. The first-order chi connectivity index (χ1) is 9.67. The lowest BCUT2D eigenvalue weighted by atomic mass is 10.2. The van der Waals surface area contributed by atoms with E-state index in [1.807, 2.05) is 4.90 Å². The van der Waals surface area contributed by atoms with Gasteiger partial charge in [0.15, 0.2) is 0 Å². The van der Waals surface area contributed by atoms with Gasteiger partial charge in [0.25, 0.3) is 5.91 Å². The number of hydrogen-bond acceptors (Lipinski definition) is 4. The number of nitrogens with zero attached hydrogens (tertiary/aromatic N) is 4. The van der Waals surface area contributed by atoms with Gasteiger partial charge in [0.05, 0.1) is 5.56 Å². The quantitative estimate of drug-likeness (QED) is 0.733. The fourth-order valence-corrected chi connectivity index (χ4v) is 2.14. The van der Waals surface area contributed by atoms with E-state index < -0.39 is 0 Å². The second kappa shape index (κ2) is 8.51. The van der Waals surface area contributed by atoms with Crippen molar-refractivity contribution >= 4 is 11.9 Å². The highest BCUT2D eigenvalue weighted by molar-refractivity contribution is 5.93. The van der Waals surface area contributed by atoms with Crippen LogP contribution in [0.1, 0.15) is 50.9 Å². The molecule has 1 aromatic rings. The highest BCUT2D eigenvalue weighted by Crippen LogP contribution is 2.09. The number of anilines is 1. The van der Waals surface area contributed by atoms with Gasteiger partial charge in [0, 0.05) is 38.6 Å². The molecule has 5 nitrogen and oxygen atoms in total. The van der Waals surface area contributed by atoms with Crippen LogP contribution in [0, 0.1) is 0 Å². The van der Waals surface area contributed by atoms with Gasteiger partial charge in [-0.1, -0.05) is 13.8 Å². The van der Waals surface area contributed by atoms with Gasteiger partial charge >= 0.3 is 0 Å². The predicted molar refractivity (Wildman–Crippen MR) is 82.1 cm³/mol. The first-order valence-electron chi connectivity index (χ1n) is 7.54. The topological polar surface area (TPSA) is 49.3 Å². The second-order valence-corrected chi connectivity index (χ2v) is 4.74. The molecule has 1 aromatic heterocycles. The molecule has 20 heavy (non-hydrogen) atoms. The van der Waals surface area contributed by atoms with Crippen LogP contribution >= 0.6 is 0 Å². The van der Waals surface area contributed by atoms with Crippen molar-refractivity contribution in [2.75, 3.05) is 31.1 Å². The average molecular weight is 278 g/mol. The van der Waals surface area contributed by atoms with E-state index in [1.165, 1.54) is 0 Å². The summed E-state index contributed by atoms with van der Waals surface area (Å²) in [7, 11) is 0. The SMILES string of the molecule is CCCN(CCC)C(=O)c1cnc(N(CC)CC)nc1. The molecule has 5 heteroatoms. The first kappa shape index (κ1) is 16.4. The number of carbonyl (C=O) groups excluding carboxylic acids is 1. The fourth-order valence-electron chi connectivity index (χ4n) is 2.14. The summed E-state index contributed by atoms with van der Waals surface area (Å²) in [4.78, 5) is 24.9. The number of aromatic nitrogens is 2. The Morgan fingerprint density at radius 3 is 1.90 bits per heavy atom. The molecule has 0 unspecified atom stereocenters. The number of rotatable bonds is 8. The van der Waals surface area contributed by atoms with E-state index in [0.717, 1.165) is 39.0 Å². The van der Waals surface area contributed by atoms with Crippen LogP contribution in [-0.2, 0) is 0 Å². The van der Waals surface area contributed by atoms with Crippen molar-refractivity contribution in [3.8, 4) is 0 Å². The summed E-state index contributed by atoms with van der Waals surface area (Å²) in [5.74, 6) is 0.712. The zero-order chi connectivity index (χ0) is 15.0. The van der Waals surface area contributed by atoms with Gasteiger partial charge in [0.1, 0.15) is 0 Å². The van der Waals surface area contributed by atoms with Crippen molar-refractivity contribution in [3.05, 3.63) is 18.0 Å². The summed E-state index contributed by atoms with van der Waals surface area (Å²) in [6.45, 7) is 11.6. The summed E-state index contributed by atoms with van der Waals surface area (Å²) >= 11 is 0. The Kier molecular flexibility index (Phi) is 6.98. The number of amides is 1. The lowest BCUT2D eigenvalue weighted by Gasteiger charge is -2.22. The van der Waals surface area contributed by atoms with E-state index in [9.17, 15) is 4.79 Å². The lowest BCUT2D eigenvalue weighted by molar-refractivity contribution is 0.0754. The van der Waals surface area contributed by atoms with Crippen LogP contribution in [0.4, 0.5) is 5.95 Å². The van der Waals surface area contributed by atoms with E-state index in [-0.39, 0.29) is 5.91 Å². The van der Waals surface area contributed by atoms with E-state index >= 15 is 0 Å². The molecule has 112 valence electrons. The standard InChI is InChI=1S/C15H26N4O/c1-5-9-19(10-6-2)14(20)13-11-16-15(17-12-13)18(7-3)8-4/h11-12H,5-10H2,1-4H3. The van der Waals surface area contributed by atoms with Crippen molar-refractivity contribution in [3.63, 3.8) is 0 Å². The van der Waals surface area contributed by atoms with Crippen LogP contribution in [-0.4, -0.2) is 47.0 Å². The minimum atomic E-state index is 0.0276. The van der Waals surface area contributed by atoms with Gasteiger partial charge in [-0.05, 0) is 26.7 Å². The minimum absolute atomic E-state index is 0.0276. The predicted octanol–water partition coefficient (Wildman–Crippen LogP) is 2.59. The molecule has 1 rings (SSSR count). The molecule has 0 saturated carbocycles.